The van der Waals surface area contributed by atoms with Crippen LogP contribution in [0.4, 0.5) is 14.5 Å². The Morgan fingerprint density at radius 2 is 1.73 bits per heavy atom. The van der Waals surface area contributed by atoms with Crippen LogP contribution in [-0.2, 0) is 14.3 Å². The minimum absolute atomic E-state index is 0.0656. The molecule has 0 atom stereocenters. The monoisotopic (exact) mass is 419 g/mol. The van der Waals surface area contributed by atoms with Crippen molar-refractivity contribution in [2.24, 2.45) is 0 Å². The van der Waals surface area contributed by atoms with Crippen LogP contribution < -0.4 is 4.90 Å². The maximum atomic E-state index is 14.4. The average molecular weight is 419 g/mol. The highest BCUT2D eigenvalue weighted by atomic mass is 19.1. The van der Waals surface area contributed by atoms with Crippen molar-refractivity contribution >= 4 is 23.5 Å². The Labute approximate surface area is 173 Å². The number of halogens is 2. The first-order chi connectivity index (χ1) is 13.9. The number of ether oxygens (including phenoxy) is 2. The first-order valence-electron chi connectivity index (χ1n) is 9.10. The quantitative estimate of drug-likeness (QED) is 0.684. The van der Waals surface area contributed by atoms with Crippen LogP contribution in [0, 0.1) is 18.6 Å². The summed E-state index contributed by atoms with van der Waals surface area (Å²) in [6.45, 7) is 5.84. The molecule has 0 bridgehead atoms. The molecule has 0 aliphatic carbocycles. The fraction of sp³-hybridized carbons (Fsp3) is 0.318. The van der Waals surface area contributed by atoms with Gasteiger partial charge in [0.15, 0.2) is 0 Å². The molecule has 6 nitrogen and oxygen atoms in total. The van der Waals surface area contributed by atoms with E-state index < -0.39 is 41.6 Å². The Kier molecular flexibility index (Phi) is 6.92. The van der Waals surface area contributed by atoms with Gasteiger partial charge in [0.05, 0.1) is 18.2 Å². The third-order valence-corrected chi connectivity index (χ3v) is 4.00. The first-order valence-corrected chi connectivity index (χ1v) is 9.10. The van der Waals surface area contributed by atoms with Crippen LogP contribution in [0.1, 0.15) is 47.1 Å². The molecule has 0 aromatic heterocycles. The summed E-state index contributed by atoms with van der Waals surface area (Å²) in [5.41, 5.74) is -0.846. The minimum Gasteiger partial charge on any atom is -0.465 e. The van der Waals surface area contributed by atoms with E-state index >= 15 is 0 Å². The Morgan fingerprint density at radius 1 is 1.07 bits per heavy atom. The summed E-state index contributed by atoms with van der Waals surface area (Å²) >= 11 is 0. The van der Waals surface area contributed by atoms with Gasteiger partial charge in [-0.15, -0.1) is 0 Å². The van der Waals surface area contributed by atoms with Crippen molar-refractivity contribution in [1.82, 2.24) is 0 Å². The second-order valence-corrected chi connectivity index (χ2v) is 7.60. The van der Waals surface area contributed by atoms with Gasteiger partial charge in [-0.05, 0) is 57.5 Å². The number of carbonyl (C=O) groups is 3. The van der Waals surface area contributed by atoms with E-state index in [0.29, 0.717) is 6.07 Å². The number of anilines is 1. The fourth-order valence-electron chi connectivity index (χ4n) is 2.81. The van der Waals surface area contributed by atoms with E-state index in [1.807, 2.05) is 0 Å². The predicted octanol–water partition coefficient (Wildman–Crippen LogP) is 4.05. The SMILES string of the molecule is COC(=O)c1cccc(N(CC(=O)OC(C)(C)C)C(=O)c2c(C)cc(F)cc2F)c1. The van der Waals surface area contributed by atoms with Crippen molar-refractivity contribution in [2.45, 2.75) is 33.3 Å². The summed E-state index contributed by atoms with van der Waals surface area (Å²) in [4.78, 5) is 38.4. The molecule has 0 radical (unpaired) electrons. The van der Waals surface area contributed by atoms with E-state index in [9.17, 15) is 23.2 Å². The largest absolute Gasteiger partial charge is 0.465 e. The Bertz CT molecular complexity index is 959. The summed E-state index contributed by atoms with van der Waals surface area (Å²) in [7, 11) is 1.20. The lowest BCUT2D eigenvalue weighted by Gasteiger charge is -2.26. The lowest BCUT2D eigenvalue weighted by Crippen LogP contribution is -2.39. The van der Waals surface area contributed by atoms with E-state index in [-0.39, 0.29) is 22.4 Å². The molecule has 0 spiro atoms. The smallest absolute Gasteiger partial charge is 0.337 e. The van der Waals surface area contributed by atoms with E-state index in [2.05, 4.69) is 4.74 Å². The molecule has 0 saturated heterocycles. The van der Waals surface area contributed by atoms with Crippen molar-refractivity contribution in [3.63, 3.8) is 0 Å². The molecule has 0 fully saturated rings. The van der Waals surface area contributed by atoms with Crippen molar-refractivity contribution in [3.05, 3.63) is 64.7 Å². The van der Waals surface area contributed by atoms with Crippen LogP contribution in [0.3, 0.4) is 0 Å². The molecule has 0 aliphatic rings. The number of carbonyl (C=O) groups excluding carboxylic acids is 3. The molecule has 2 rings (SSSR count). The van der Waals surface area contributed by atoms with Gasteiger partial charge in [-0.2, -0.15) is 0 Å². The topological polar surface area (TPSA) is 72.9 Å². The highest BCUT2D eigenvalue weighted by Crippen LogP contribution is 2.24. The molecule has 0 aliphatic heterocycles. The molecular formula is C22H23F2NO5. The second kappa shape index (κ2) is 9.02. The van der Waals surface area contributed by atoms with Gasteiger partial charge >= 0.3 is 11.9 Å². The number of amides is 1. The summed E-state index contributed by atoms with van der Waals surface area (Å²) in [5, 5.41) is 0. The van der Waals surface area contributed by atoms with Gasteiger partial charge in [-0.25, -0.2) is 13.6 Å². The van der Waals surface area contributed by atoms with Gasteiger partial charge in [-0.1, -0.05) is 6.07 Å². The van der Waals surface area contributed by atoms with Crippen LogP contribution in [0.2, 0.25) is 0 Å². The van der Waals surface area contributed by atoms with Crippen LogP contribution in [-0.4, -0.2) is 37.1 Å². The van der Waals surface area contributed by atoms with Crippen LogP contribution in [0.5, 0.6) is 0 Å². The lowest BCUT2D eigenvalue weighted by atomic mass is 10.1. The molecule has 2 aromatic carbocycles. The Hall–Kier alpha value is -3.29. The van der Waals surface area contributed by atoms with E-state index in [4.69, 9.17) is 4.74 Å². The Morgan fingerprint density at radius 3 is 2.30 bits per heavy atom. The normalized spacial score (nSPS) is 11.0. The molecule has 0 saturated carbocycles. The number of methoxy groups -OCH3 is 1. The average Bonchev–Trinajstić information content (AvgIpc) is 2.63. The zero-order valence-corrected chi connectivity index (χ0v) is 17.4. The minimum atomic E-state index is -1.06. The van der Waals surface area contributed by atoms with Crippen LogP contribution in [0.15, 0.2) is 36.4 Å². The number of benzene rings is 2. The number of esters is 2. The summed E-state index contributed by atoms with van der Waals surface area (Å²) < 4.78 is 37.9. The highest BCUT2D eigenvalue weighted by molar-refractivity contribution is 6.09. The number of aryl methyl sites for hydroxylation is 1. The molecule has 0 unspecified atom stereocenters. The summed E-state index contributed by atoms with van der Waals surface area (Å²) in [6.07, 6.45) is 0. The van der Waals surface area contributed by atoms with Crippen molar-refractivity contribution < 1.29 is 32.6 Å². The predicted molar refractivity (Wildman–Crippen MR) is 106 cm³/mol. The Balaban J connectivity index is 2.53. The third kappa shape index (κ3) is 5.62. The van der Waals surface area contributed by atoms with Gasteiger partial charge in [0.2, 0.25) is 0 Å². The lowest BCUT2D eigenvalue weighted by molar-refractivity contribution is -0.152. The zero-order chi connectivity index (χ0) is 22.6. The second-order valence-electron chi connectivity index (χ2n) is 7.60. The molecule has 160 valence electrons. The number of rotatable bonds is 5. The van der Waals surface area contributed by atoms with Crippen LogP contribution in [0.25, 0.3) is 0 Å². The summed E-state index contributed by atoms with van der Waals surface area (Å²) in [5.74, 6) is -4.15. The third-order valence-electron chi connectivity index (χ3n) is 4.00. The number of nitrogens with zero attached hydrogens (tertiary/aromatic N) is 1. The molecule has 1 amide bonds. The van der Waals surface area contributed by atoms with E-state index in [0.717, 1.165) is 11.0 Å². The van der Waals surface area contributed by atoms with Gasteiger partial charge in [0, 0.05) is 11.8 Å². The maximum absolute atomic E-state index is 14.4. The highest BCUT2D eigenvalue weighted by Gasteiger charge is 2.28. The molecule has 8 heteroatoms. The van der Waals surface area contributed by atoms with Crippen molar-refractivity contribution in [2.75, 3.05) is 18.6 Å². The van der Waals surface area contributed by atoms with Crippen LogP contribution >= 0.6 is 0 Å². The van der Waals surface area contributed by atoms with E-state index in [1.165, 1.54) is 38.3 Å². The molecule has 0 N–H and O–H groups in total. The fourth-order valence-corrected chi connectivity index (χ4v) is 2.81. The first kappa shape index (κ1) is 23.0. The van der Waals surface area contributed by atoms with Gasteiger partial charge in [0.25, 0.3) is 5.91 Å². The van der Waals surface area contributed by atoms with Gasteiger partial charge < -0.3 is 9.47 Å². The maximum Gasteiger partial charge on any atom is 0.337 e. The number of hydrogen-bond donors (Lipinski definition) is 0. The van der Waals surface area contributed by atoms with Crippen molar-refractivity contribution in [3.8, 4) is 0 Å². The standard InChI is InChI=1S/C22H23F2NO5/c1-13-9-15(23)11-17(24)19(13)20(27)25(12-18(26)30-22(2,3)4)16-8-6-7-14(10-16)21(28)29-5/h6-11H,12H2,1-5H3. The summed E-state index contributed by atoms with van der Waals surface area (Å²) in [6, 6.07) is 7.39. The molecular weight excluding hydrogens is 396 g/mol. The van der Waals surface area contributed by atoms with Crippen molar-refractivity contribution in [1.29, 1.82) is 0 Å². The zero-order valence-electron chi connectivity index (χ0n) is 17.4. The van der Waals surface area contributed by atoms with Gasteiger partial charge in [0.1, 0.15) is 23.8 Å². The van der Waals surface area contributed by atoms with E-state index in [1.54, 1.807) is 20.8 Å². The molecule has 30 heavy (non-hydrogen) atoms. The van der Waals surface area contributed by atoms with Gasteiger partial charge in [-0.3, -0.25) is 14.5 Å². The molecule has 2 aromatic rings. The number of hydrogen-bond acceptors (Lipinski definition) is 5. The molecule has 0 heterocycles.